The second kappa shape index (κ2) is 6.90. The SMILES string of the molecule is O=C1CCC(N2Cc3cc(COC4C[C@H]5CC[C@@H]4C5)ccc3C2S)C(=O)N1. The highest BCUT2D eigenvalue weighted by molar-refractivity contribution is 7.80. The van der Waals surface area contributed by atoms with Gasteiger partial charge < -0.3 is 4.74 Å². The van der Waals surface area contributed by atoms with Gasteiger partial charge in [0, 0.05) is 13.0 Å². The van der Waals surface area contributed by atoms with Crippen molar-refractivity contribution in [1.82, 2.24) is 10.2 Å². The van der Waals surface area contributed by atoms with Gasteiger partial charge in [0.15, 0.2) is 0 Å². The van der Waals surface area contributed by atoms with Crippen molar-refractivity contribution >= 4 is 24.4 Å². The van der Waals surface area contributed by atoms with E-state index in [0.717, 1.165) is 17.4 Å². The first-order valence-electron chi connectivity index (χ1n) is 10.1. The zero-order valence-corrected chi connectivity index (χ0v) is 16.3. The number of carbonyl (C=O) groups is 2. The van der Waals surface area contributed by atoms with Crippen molar-refractivity contribution in [2.75, 3.05) is 0 Å². The van der Waals surface area contributed by atoms with Crippen molar-refractivity contribution in [3.05, 3.63) is 34.9 Å². The fraction of sp³-hybridized carbons (Fsp3) is 0.619. The molecule has 6 heteroatoms. The summed E-state index contributed by atoms with van der Waals surface area (Å²) in [5, 5.41) is 2.35. The summed E-state index contributed by atoms with van der Waals surface area (Å²) in [4.78, 5) is 25.8. The molecule has 144 valence electrons. The number of nitrogens with zero attached hydrogens (tertiary/aromatic N) is 1. The number of rotatable bonds is 4. The van der Waals surface area contributed by atoms with Crippen LogP contribution in [0.4, 0.5) is 0 Å². The molecule has 3 fully saturated rings. The van der Waals surface area contributed by atoms with E-state index >= 15 is 0 Å². The van der Waals surface area contributed by atoms with E-state index in [1.807, 2.05) is 0 Å². The lowest BCUT2D eigenvalue weighted by Crippen LogP contribution is -2.51. The maximum atomic E-state index is 12.2. The van der Waals surface area contributed by atoms with Crippen LogP contribution < -0.4 is 5.32 Å². The third-order valence-electron chi connectivity index (χ3n) is 6.90. The largest absolute Gasteiger partial charge is 0.373 e. The lowest BCUT2D eigenvalue weighted by atomic mass is 9.97. The Hall–Kier alpha value is -1.37. The molecule has 2 saturated carbocycles. The zero-order valence-electron chi connectivity index (χ0n) is 15.4. The van der Waals surface area contributed by atoms with Gasteiger partial charge in [-0.3, -0.25) is 19.8 Å². The molecule has 5 atom stereocenters. The van der Waals surface area contributed by atoms with Crippen LogP contribution in [0, 0.1) is 11.8 Å². The van der Waals surface area contributed by atoms with Crippen molar-refractivity contribution < 1.29 is 14.3 Å². The van der Waals surface area contributed by atoms with Crippen LogP contribution in [0.2, 0.25) is 0 Å². The number of fused-ring (bicyclic) bond motifs is 3. The van der Waals surface area contributed by atoms with Gasteiger partial charge in [-0.25, -0.2) is 0 Å². The number of piperidine rings is 1. The summed E-state index contributed by atoms with van der Waals surface area (Å²) in [6.45, 7) is 1.36. The molecule has 2 amide bonds. The number of hydrogen-bond donors (Lipinski definition) is 2. The van der Waals surface area contributed by atoms with Crippen LogP contribution >= 0.6 is 12.6 Å². The van der Waals surface area contributed by atoms with E-state index in [4.69, 9.17) is 17.4 Å². The fourth-order valence-electron chi connectivity index (χ4n) is 5.47. The van der Waals surface area contributed by atoms with Gasteiger partial charge in [-0.15, -0.1) is 0 Å². The first-order chi connectivity index (χ1) is 13.1. The van der Waals surface area contributed by atoms with E-state index in [2.05, 4.69) is 28.4 Å². The molecule has 3 unspecified atom stereocenters. The third-order valence-corrected chi connectivity index (χ3v) is 7.48. The van der Waals surface area contributed by atoms with Gasteiger partial charge in [0.05, 0.1) is 24.1 Å². The zero-order chi connectivity index (χ0) is 18.5. The summed E-state index contributed by atoms with van der Waals surface area (Å²) in [6.07, 6.45) is 6.72. The van der Waals surface area contributed by atoms with Gasteiger partial charge in [-0.05, 0) is 60.6 Å². The highest BCUT2D eigenvalue weighted by Crippen LogP contribution is 2.46. The van der Waals surface area contributed by atoms with Gasteiger partial charge >= 0.3 is 0 Å². The molecule has 0 spiro atoms. The summed E-state index contributed by atoms with van der Waals surface area (Å²) >= 11 is 4.76. The number of amides is 2. The first-order valence-corrected chi connectivity index (χ1v) is 10.6. The van der Waals surface area contributed by atoms with Gasteiger partial charge in [0.1, 0.15) is 0 Å². The number of ether oxygens (including phenoxy) is 1. The molecule has 1 aromatic rings. The van der Waals surface area contributed by atoms with Crippen molar-refractivity contribution in [2.24, 2.45) is 11.8 Å². The predicted octanol–water partition coefficient (Wildman–Crippen LogP) is 2.94. The standard InChI is InChI=1S/C21H26N2O3S/c24-19-6-5-17(20(25)22-19)23-10-15-8-13(2-4-16(15)21(23)27)11-26-18-9-12-1-3-14(18)7-12/h2,4,8,12,14,17-18,21,27H,1,3,5-7,9-11H2,(H,22,24,25)/t12-,14+,17?,18?,21?/m0/s1. The molecular formula is C21H26N2O3S. The number of carbonyl (C=O) groups excluding carboxylic acids is 2. The van der Waals surface area contributed by atoms with E-state index in [9.17, 15) is 9.59 Å². The molecule has 2 aliphatic carbocycles. The molecule has 5 nitrogen and oxygen atoms in total. The normalized spacial score (nSPS) is 35.5. The van der Waals surface area contributed by atoms with E-state index < -0.39 is 0 Å². The first kappa shape index (κ1) is 17.7. The molecule has 0 radical (unpaired) electrons. The van der Waals surface area contributed by atoms with Crippen LogP contribution in [0.25, 0.3) is 0 Å². The van der Waals surface area contributed by atoms with Crippen molar-refractivity contribution in [1.29, 1.82) is 0 Å². The smallest absolute Gasteiger partial charge is 0.243 e. The third kappa shape index (κ3) is 3.22. The van der Waals surface area contributed by atoms with Gasteiger partial charge in [-0.2, -0.15) is 12.6 Å². The van der Waals surface area contributed by atoms with E-state index in [-0.39, 0.29) is 23.2 Å². The van der Waals surface area contributed by atoms with Crippen LogP contribution in [0.15, 0.2) is 18.2 Å². The highest BCUT2D eigenvalue weighted by atomic mass is 32.1. The Morgan fingerprint density at radius 2 is 2.07 bits per heavy atom. The van der Waals surface area contributed by atoms with Crippen LogP contribution in [-0.2, 0) is 27.5 Å². The lowest BCUT2D eigenvalue weighted by Gasteiger charge is -2.32. The highest BCUT2D eigenvalue weighted by Gasteiger charge is 2.41. The summed E-state index contributed by atoms with van der Waals surface area (Å²) in [6, 6.07) is 6.17. The summed E-state index contributed by atoms with van der Waals surface area (Å²) < 4.78 is 6.25. The molecule has 27 heavy (non-hydrogen) atoms. The minimum atomic E-state index is -0.286. The Bertz CT molecular complexity index is 783. The second-order valence-electron chi connectivity index (χ2n) is 8.57. The summed E-state index contributed by atoms with van der Waals surface area (Å²) in [7, 11) is 0. The Balaban J connectivity index is 1.25. The molecular weight excluding hydrogens is 360 g/mol. The Morgan fingerprint density at radius 3 is 2.81 bits per heavy atom. The van der Waals surface area contributed by atoms with Crippen molar-refractivity contribution in [3.8, 4) is 0 Å². The minimum Gasteiger partial charge on any atom is -0.373 e. The molecule has 2 bridgehead atoms. The monoisotopic (exact) mass is 386 g/mol. The Labute approximate surface area is 165 Å². The quantitative estimate of drug-likeness (QED) is 0.617. The molecule has 1 N–H and O–H groups in total. The van der Waals surface area contributed by atoms with Gasteiger partial charge in [0.25, 0.3) is 0 Å². The number of nitrogens with one attached hydrogen (secondary N) is 1. The van der Waals surface area contributed by atoms with Gasteiger partial charge in [0.2, 0.25) is 11.8 Å². The fourth-order valence-corrected chi connectivity index (χ4v) is 5.97. The average Bonchev–Trinajstić information content (AvgIpc) is 3.35. The molecule has 0 aromatic heterocycles. The minimum absolute atomic E-state index is 0.107. The number of benzene rings is 1. The maximum Gasteiger partial charge on any atom is 0.243 e. The molecule has 5 rings (SSSR count). The van der Waals surface area contributed by atoms with Crippen LogP contribution in [0.1, 0.15) is 60.6 Å². The lowest BCUT2D eigenvalue weighted by molar-refractivity contribution is -0.137. The van der Waals surface area contributed by atoms with Crippen molar-refractivity contribution in [3.63, 3.8) is 0 Å². The van der Waals surface area contributed by atoms with E-state index in [1.54, 1.807) is 0 Å². The van der Waals surface area contributed by atoms with Crippen LogP contribution in [0.5, 0.6) is 0 Å². The predicted molar refractivity (Wildman–Crippen MR) is 104 cm³/mol. The number of hydrogen-bond acceptors (Lipinski definition) is 5. The van der Waals surface area contributed by atoms with Gasteiger partial charge in [-0.1, -0.05) is 18.2 Å². The Morgan fingerprint density at radius 1 is 1.19 bits per heavy atom. The summed E-state index contributed by atoms with van der Waals surface area (Å²) in [5.74, 6) is 1.29. The number of thiol groups is 1. The molecule has 1 aromatic carbocycles. The molecule has 2 aliphatic heterocycles. The summed E-state index contributed by atoms with van der Waals surface area (Å²) in [5.41, 5.74) is 3.57. The van der Waals surface area contributed by atoms with Crippen LogP contribution in [0.3, 0.4) is 0 Å². The Kier molecular flexibility index (Phi) is 4.53. The molecule has 4 aliphatic rings. The van der Waals surface area contributed by atoms with Crippen molar-refractivity contribution in [2.45, 2.75) is 69.2 Å². The topological polar surface area (TPSA) is 58.6 Å². The van der Waals surface area contributed by atoms with Crippen LogP contribution in [-0.4, -0.2) is 28.9 Å². The average molecular weight is 387 g/mol. The number of imide groups is 1. The second-order valence-corrected chi connectivity index (χ2v) is 9.06. The van der Waals surface area contributed by atoms with E-state index in [1.165, 1.54) is 36.8 Å². The van der Waals surface area contributed by atoms with E-state index in [0.29, 0.717) is 32.1 Å². The molecule has 2 heterocycles. The molecule has 1 saturated heterocycles. The maximum absolute atomic E-state index is 12.2.